The van der Waals surface area contributed by atoms with Gasteiger partial charge in [-0.05, 0) is 23.3 Å². The molecular formula is C18H21N3O2. The average Bonchev–Trinajstić information content (AvgIpc) is 2.92. The molecule has 1 aromatic carbocycles. The van der Waals surface area contributed by atoms with Crippen molar-refractivity contribution in [2.24, 2.45) is 5.41 Å². The van der Waals surface area contributed by atoms with E-state index in [1.54, 1.807) is 6.20 Å². The first kappa shape index (κ1) is 15.6. The van der Waals surface area contributed by atoms with Gasteiger partial charge >= 0.3 is 0 Å². The summed E-state index contributed by atoms with van der Waals surface area (Å²) in [5, 5.41) is 16.2. The Balaban J connectivity index is 1.84. The van der Waals surface area contributed by atoms with E-state index in [1.165, 1.54) is 0 Å². The Morgan fingerprint density at radius 2 is 1.96 bits per heavy atom. The average molecular weight is 311 g/mol. The first-order chi connectivity index (χ1) is 10.9. The van der Waals surface area contributed by atoms with Gasteiger partial charge in [0.2, 0.25) is 11.7 Å². The van der Waals surface area contributed by atoms with Gasteiger partial charge in [0.25, 0.3) is 0 Å². The molecule has 2 aromatic heterocycles. The normalized spacial score (nSPS) is 13.4. The molecule has 0 spiro atoms. The van der Waals surface area contributed by atoms with Gasteiger partial charge in [-0.25, -0.2) is 0 Å². The number of pyridine rings is 1. The van der Waals surface area contributed by atoms with Gasteiger partial charge in [-0.15, -0.1) is 0 Å². The molecule has 0 saturated heterocycles. The van der Waals surface area contributed by atoms with Crippen LogP contribution in [0.3, 0.4) is 0 Å². The maximum absolute atomic E-state index is 10.1. The molecule has 0 bridgehead atoms. The first-order valence-electron chi connectivity index (χ1n) is 7.77. The molecule has 5 heteroatoms. The molecule has 5 nitrogen and oxygen atoms in total. The van der Waals surface area contributed by atoms with E-state index in [0.717, 1.165) is 10.8 Å². The second-order valence-corrected chi connectivity index (χ2v) is 7.02. The van der Waals surface area contributed by atoms with Crippen molar-refractivity contribution in [3.63, 3.8) is 0 Å². The van der Waals surface area contributed by atoms with Crippen LogP contribution in [-0.2, 0) is 6.42 Å². The predicted octanol–water partition coefficient (Wildman–Crippen LogP) is 3.62. The summed E-state index contributed by atoms with van der Waals surface area (Å²) < 4.78 is 5.29. The number of rotatable bonds is 4. The van der Waals surface area contributed by atoms with Crippen molar-refractivity contribution in [2.75, 3.05) is 0 Å². The topological polar surface area (TPSA) is 72.0 Å². The van der Waals surface area contributed by atoms with Crippen LogP contribution in [-0.4, -0.2) is 26.3 Å². The molecule has 2 heterocycles. The number of aliphatic hydroxyl groups excluding tert-OH is 1. The van der Waals surface area contributed by atoms with Gasteiger partial charge in [0.15, 0.2) is 0 Å². The van der Waals surface area contributed by atoms with Crippen LogP contribution in [0.2, 0.25) is 0 Å². The fraction of sp³-hybridized carbons (Fsp3) is 0.389. The smallest absolute Gasteiger partial charge is 0.229 e. The summed E-state index contributed by atoms with van der Waals surface area (Å²) in [7, 11) is 0. The Kier molecular flexibility index (Phi) is 4.13. The zero-order chi connectivity index (χ0) is 16.4. The SMILES string of the molecule is CC(C)(C)CC(O)Cc1nc(-c2nccc3ccccc23)no1. The standard InChI is InChI=1S/C18H21N3O2/c1-18(2,3)11-13(22)10-15-20-17(21-23-15)16-14-7-5-4-6-12(14)8-9-19-16/h4-9,13,22H,10-11H2,1-3H3. The van der Waals surface area contributed by atoms with Crippen LogP contribution in [0.4, 0.5) is 0 Å². The minimum Gasteiger partial charge on any atom is -0.393 e. The first-order valence-corrected chi connectivity index (χ1v) is 7.77. The van der Waals surface area contributed by atoms with E-state index in [9.17, 15) is 5.11 Å². The van der Waals surface area contributed by atoms with Crippen LogP contribution in [0.25, 0.3) is 22.3 Å². The molecule has 0 aliphatic heterocycles. The lowest BCUT2D eigenvalue weighted by Gasteiger charge is -2.21. The molecule has 3 aromatic rings. The molecule has 120 valence electrons. The molecule has 1 unspecified atom stereocenters. The number of hydrogen-bond donors (Lipinski definition) is 1. The van der Waals surface area contributed by atoms with E-state index >= 15 is 0 Å². The van der Waals surface area contributed by atoms with Crippen LogP contribution in [0, 0.1) is 5.41 Å². The molecule has 3 rings (SSSR count). The molecule has 0 fully saturated rings. The predicted molar refractivity (Wildman–Crippen MR) is 88.8 cm³/mol. The van der Waals surface area contributed by atoms with Crippen LogP contribution in [0.5, 0.6) is 0 Å². The lowest BCUT2D eigenvalue weighted by atomic mass is 9.88. The van der Waals surface area contributed by atoms with E-state index in [4.69, 9.17) is 4.52 Å². The number of benzene rings is 1. The van der Waals surface area contributed by atoms with E-state index < -0.39 is 6.10 Å². The van der Waals surface area contributed by atoms with Crippen molar-refractivity contribution in [2.45, 2.75) is 39.7 Å². The van der Waals surface area contributed by atoms with Gasteiger partial charge in [-0.3, -0.25) is 4.98 Å². The summed E-state index contributed by atoms with van der Waals surface area (Å²) in [6.07, 6.45) is 2.28. The maximum atomic E-state index is 10.1. The van der Waals surface area contributed by atoms with Crippen LogP contribution < -0.4 is 0 Å². The van der Waals surface area contributed by atoms with Crippen molar-refractivity contribution < 1.29 is 9.63 Å². The lowest BCUT2D eigenvalue weighted by Crippen LogP contribution is -2.19. The molecule has 0 aliphatic rings. The Hall–Kier alpha value is -2.27. The Labute approximate surface area is 135 Å². The highest BCUT2D eigenvalue weighted by Gasteiger charge is 2.20. The van der Waals surface area contributed by atoms with Gasteiger partial charge < -0.3 is 9.63 Å². The van der Waals surface area contributed by atoms with Gasteiger partial charge in [0.05, 0.1) is 12.5 Å². The van der Waals surface area contributed by atoms with Crippen LogP contribution in [0.1, 0.15) is 33.1 Å². The minimum atomic E-state index is -0.497. The molecular weight excluding hydrogens is 290 g/mol. The highest BCUT2D eigenvalue weighted by molar-refractivity contribution is 5.92. The van der Waals surface area contributed by atoms with Gasteiger partial charge in [0.1, 0.15) is 5.69 Å². The van der Waals surface area contributed by atoms with Crippen molar-refractivity contribution in [3.8, 4) is 11.5 Å². The number of hydrogen-bond acceptors (Lipinski definition) is 5. The van der Waals surface area contributed by atoms with Crippen molar-refractivity contribution in [3.05, 3.63) is 42.4 Å². The summed E-state index contributed by atoms with van der Waals surface area (Å²) in [6.45, 7) is 6.28. The monoisotopic (exact) mass is 311 g/mol. The summed E-state index contributed by atoms with van der Waals surface area (Å²) in [4.78, 5) is 8.78. The molecule has 1 N–H and O–H groups in total. The second kappa shape index (κ2) is 6.08. The molecule has 0 radical (unpaired) electrons. The third-order valence-corrected chi connectivity index (χ3v) is 3.61. The number of aliphatic hydroxyl groups is 1. The third kappa shape index (κ3) is 3.74. The van der Waals surface area contributed by atoms with Crippen LogP contribution >= 0.6 is 0 Å². The van der Waals surface area contributed by atoms with E-state index in [2.05, 4.69) is 35.9 Å². The fourth-order valence-electron chi connectivity index (χ4n) is 2.71. The van der Waals surface area contributed by atoms with Gasteiger partial charge in [-0.1, -0.05) is 50.2 Å². The summed E-state index contributed by atoms with van der Waals surface area (Å²) in [6, 6.07) is 9.90. The highest BCUT2D eigenvalue weighted by atomic mass is 16.5. The lowest BCUT2D eigenvalue weighted by molar-refractivity contribution is 0.113. The zero-order valence-corrected chi connectivity index (χ0v) is 13.7. The minimum absolute atomic E-state index is 0.0550. The largest absolute Gasteiger partial charge is 0.393 e. The maximum Gasteiger partial charge on any atom is 0.229 e. The number of fused-ring (bicyclic) bond motifs is 1. The van der Waals surface area contributed by atoms with Crippen molar-refractivity contribution >= 4 is 10.8 Å². The van der Waals surface area contributed by atoms with Crippen molar-refractivity contribution in [1.29, 1.82) is 0 Å². The summed E-state index contributed by atoms with van der Waals surface area (Å²) >= 11 is 0. The molecule has 0 amide bonds. The molecule has 1 atom stereocenters. The quantitative estimate of drug-likeness (QED) is 0.796. The molecule has 23 heavy (non-hydrogen) atoms. The Bertz CT molecular complexity index is 800. The molecule has 0 aliphatic carbocycles. The Morgan fingerprint density at radius 3 is 2.74 bits per heavy atom. The second-order valence-electron chi connectivity index (χ2n) is 7.02. The highest BCUT2D eigenvalue weighted by Crippen LogP contribution is 2.25. The van der Waals surface area contributed by atoms with Gasteiger partial charge in [-0.2, -0.15) is 4.98 Å². The Morgan fingerprint density at radius 1 is 1.17 bits per heavy atom. The third-order valence-electron chi connectivity index (χ3n) is 3.61. The number of aromatic nitrogens is 3. The number of nitrogens with zero attached hydrogens (tertiary/aromatic N) is 3. The van der Waals surface area contributed by atoms with E-state index in [-0.39, 0.29) is 5.41 Å². The summed E-state index contributed by atoms with van der Waals surface area (Å²) in [5.74, 6) is 0.895. The van der Waals surface area contributed by atoms with Crippen molar-refractivity contribution in [1.82, 2.24) is 15.1 Å². The summed E-state index contributed by atoms with van der Waals surface area (Å²) in [5.41, 5.74) is 0.753. The van der Waals surface area contributed by atoms with Gasteiger partial charge in [0, 0.05) is 11.6 Å². The molecule has 0 saturated carbocycles. The zero-order valence-electron chi connectivity index (χ0n) is 13.7. The fourth-order valence-corrected chi connectivity index (χ4v) is 2.71. The van der Waals surface area contributed by atoms with E-state index in [0.29, 0.717) is 30.3 Å². The van der Waals surface area contributed by atoms with Crippen LogP contribution in [0.15, 0.2) is 41.1 Å². The van der Waals surface area contributed by atoms with E-state index in [1.807, 2.05) is 30.3 Å².